The third-order valence-electron chi connectivity index (χ3n) is 3.49. The molecule has 0 amide bonds. The van der Waals surface area contributed by atoms with Crippen molar-refractivity contribution in [2.24, 2.45) is 0 Å². The highest BCUT2D eigenvalue weighted by atomic mass is 16.5. The lowest BCUT2D eigenvalue weighted by molar-refractivity contribution is 0.135. The predicted molar refractivity (Wildman–Crippen MR) is 79.5 cm³/mol. The number of nitrogens with one attached hydrogen (secondary N) is 1. The number of aryl methyl sites for hydroxylation is 1. The van der Waals surface area contributed by atoms with Gasteiger partial charge >= 0.3 is 0 Å². The molecule has 4 nitrogen and oxygen atoms in total. The van der Waals surface area contributed by atoms with E-state index in [0.717, 1.165) is 44.8 Å². The van der Waals surface area contributed by atoms with E-state index in [4.69, 9.17) is 4.74 Å². The average Bonchev–Trinajstić information content (AvgIpc) is 2.67. The molecule has 0 aromatic carbocycles. The molecule has 0 saturated carbocycles. The summed E-state index contributed by atoms with van der Waals surface area (Å²) >= 11 is 0. The van der Waals surface area contributed by atoms with Gasteiger partial charge in [-0.3, -0.25) is 4.68 Å². The van der Waals surface area contributed by atoms with Gasteiger partial charge in [0.2, 0.25) is 0 Å². The lowest BCUT2D eigenvalue weighted by Crippen LogP contribution is -2.22. The van der Waals surface area contributed by atoms with Crippen molar-refractivity contribution in [2.45, 2.75) is 60.0 Å². The molecule has 0 spiro atoms. The Hall–Kier alpha value is -0.870. The van der Waals surface area contributed by atoms with Gasteiger partial charge in [0, 0.05) is 23.9 Å². The lowest BCUT2D eigenvalue weighted by atomic mass is 10.0. The topological polar surface area (TPSA) is 39.1 Å². The number of rotatable bonds is 9. The van der Waals surface area contributed by atoms with E-state index >= 15 is 0 Å². The number of aromatic nitrogens is 2. The van der Waals surface area contributed by atoms with Crippen LogP contribution in [0.1, 0.15) is 56.6 Å². The summed E-state index contributed by atoms with van der Waals surface area (Å²) in [6.45, 7) is 14.1. The summed E-state index contributed by atoms with van der Waals surface area (Å²) in [5.74, 6) is 0. The van der Waals surface area contributed by atoms with Gasteiger partial charge in [0.15, 0.2) is 0 Å². The fourth-order valence-electron chi connectivity index (χ4n) is 2.50. The number of hydrogen-bond acceptors (Lipinski definition) is 3. The van der Waals surface area contributed by atoms with Crippen molar-refractivity contribution in [3.63, 3.8) is 0 Å². The molecule has 1 N–H and O–H groups in total. The van der Waals surface area contributed by atoms with Crippen LogP contribution in [0.5, 0.6) is 0 Å². The van der Waals surface area contributed by atoms with Gasteiger partial charge in [0.1, 0.15) is 0 Å². The van der Waals surface area contributed by atoms with Gasteiger partial charge in [-0.1, -0.05) is 13.8 Å². The number of ether oxygens (including phenoxy) is 1. The molecule has 0 radical (unpaired) electrons. The first-order valence-electron chi connectivity index (χ1n) is 7.50. The molecule has 1 heterocycles. The second-order valence-corrected chi connectivity index (χ2v) is 4.92. The fourth-order valence-corrected chi connectivity index (χ4v) is 2.50. The Morgan fingerprint density at radius 2 is 2.00 bits per heavy atom. The van der Waals surface area contributed by atoms with Gasteiger partial charge in [0.05, 0.1) is 18.8 Å². The third kappa shape index (κ3) is 4.32. The highest BCUT2D eigenvalue weighted by molar-refractivity contribution is 5.28. The molecule has 1 atom stereocenters. The Bertz CT molecular complexity index is 374. The zero-order valence-corrected chi connectivity index (χ0v) is 13.1. The average molecular weight is 267 g/mol. The normalized spacial score (nSPS) is 12.9. The molecular weight excluding hydrogens is 238 g/mol. The molecular formula is C15H29N3O. The van der Waals surface area contributed by atoms with Crippen LogP contribution in [0, 0.1) is 13.8 Å². The van der Waals surface area contributed by atoms with Crippen molar-refractivity contribution in [1.29, 1.82) is 0 Å². The maximum atomic E-state index is 5.42. The summed E-state index contributed by atoms with van der Waals surface area (Å²) in [4.78, 5) is 0. The van der Waals surface area contributed by atoms with E-state index in [1.54, 1.807) is 0 Å². The Labute approximate surface area is 117 Å². The SMILES string of the molecule is CCCNC(CC)c1c(C)nn(CCOCC)c1C. The lowest BCUT2D eigenvalue weighted by Gasteiger charge is -2.17. The second-order valence-electron chi connectivity index (χ2n) is 4.92. The Kier molecular flexibility index (Phi) is 7.10. The van der Waals surface area contributed by atoms with E-state index in [9.17, 15) is 0 Å². The van der Waals surface area contributed by atoms with Gasteiger partial charge in [-0.25, -0.2) is 0 Å². The Balaban J connectivity index is 2.81. The Morgan fingerprint density at radius 1 is 1.26 bits per heavy atom. The number of hydrogen-bond donors (Lipinski definition) is 1. The maximum absolute atomic E-state index is 5.42. The molecule has 0 fully saturated rings. The molecule has 1 rings (SSSR count). The summed E-state index contributed by atoms with van der Waals surface area (Å²) in [7, 11) is 0. The summed E-state index contributed by atoms with van der Waals surface area (Å²) in [5, 5.41) is 8.27. The first kappa shape index (κ1) is 16.2. The molecule has 0 aliphatic heterocycles. The van der Waals surface area contributed by atoms with Crippen LogP contribution in [0.15, 0.2) is 0 Å². The van der Waals surface area contributed by atoms with Gasteiger partial charge < -0.3 is 10.1 Å². The van der Waals surface area contributed by atoms with Crippen LogP contribution in [-0.4, -0.2) is 29.5 Å². The minimum absolute atomic E-state index is 0.417. The van der Waals surface area contributed by atoms with Crippen molar-refractivity contribution in [1.82, 2.24) is 15.1 Å². The van der Waals surface area contributed by atoms with Crippen LogP contribution in [0.2, 0.25) is 0 Å². The molecule has 1 unspecified atom stereocenters. The maximum Gasteiger partial charge on any atom is 0.0662 e. The van der Waals surface area contributed by atoms with E-state index in [2.05, 4.69) is 42.8 Å². The smallest absolute Gasteiger partial charge is 0.0662 e. The zero-order chi connectivity index (χ0) is 14.3. The van der Waals surface area contributed by atoms with Crippen molar-refractivity contribution in [2.75, 3.05) is 19.8 Å². The van der Waals surface area contributed by atoms with Gasteiger partial charge in [-0.15, -0.1) is 0 Å². The predicted octanol–water partition coefficient (Wildman–Crippen LogP) is 2.99. The van der Waals surface area contributed by atoms with Crippen LogP contribution < -0.4 is 5.32 Å². The zero-order valence-electron chi connectivity index (χ0n) is 13.1. The van der Waals surface area contributed by atoms with Crippen LogP contribution >= 0.6 is 0 Å². The van der Waals surface area contributed by atoms with Crippen molar-refractivity contribution in [3.05, 3.63) is 17.0 Å². The largest absolute Gasteiger partial charge is 0.380 e. The van der Waals surface area contributed by atoms with Crippen LogP contribution in [-0.2, 0) is 11.3 Å². The molecule has 0 saturated heterocycles. The summed E-state index contributed by atoms with van der Waals surface area (Å²) < 4.78 is 7.50. The number of nitrogens with zero attached hydrogens (tertiary/aromatic N) is 2. The van der Waals surface area contributed by atoms with Crippen LogP contribution in [0.4, 0.5) is 0 Å². The van der Waals surface area contributed by atoms with E-state index < -0.39 is 0 Å². The minimum Gasteiger partial charge on any atom is -0.380 e. The fraction of sp³-hybridized carbons (Fsp3) is 0.800. The molecule has 0 aliphatic rings. The molecule has 19 heavy (non-hydrogen) atoms. The second kappa shape index (κ2) is 8.33. The first-order chi connectivity index (χ1) is 9.15. The van der Waals surface area contributed by atoms with Crippen LogP contribution in [0.3, 0.4) is 0 Å². The van der Waals surface area contributed by atoms with E-state index in [1.165, 1.54) is 11.3 Å². The summed E-state index contributed by atoms with van der Waals surface area (Å²) in [6.07, 6.45) is 2.26. The van der Waals surface area contributed by atoms with Gasteiger partial charge in [-0.05, 0) is 40.2 Å². The van der Waals surface area contributed by atoms with Crippen molar-refractivity contribution in [3.8, 4) is 0 Å². The minimum atomic E-state index is 0.417. The van der Waals surface area contributed by atoms with Gasteiger partial charge in [-0.2, -0.15) is 5.10 Å². The summed E-state index contributed by atoms with van der Waals surface area (Å²) in [6, 6.07) is 0.417. The standard InChI is InChI=1S/C15H29N3O/c1-6-9-16-14(7-2)15-12(4)17-18(13(15)5)10-11-19-8-3/h14,16H,6-11H2,1-5H3. The third-order valence-corrected chi connectivity index (χ3v) is 3.49. The molecule has 1 aromatic rings. The van der Waals surface area contributed by atoms with Crippen molar-refractivity contribution < 1.29 is 4.74 Å². The van der Waals surface area contributed by atoms with E-state index in [0.29, 0.717) is 6.04 Å². The van der Waals surface area contributed by atoms with Gasteiger partial charge in [0.25, 0.3) is 0 Å². The molecule has 0 bridgehead atoms. The van der Waals surface area contributed by atoms with E-state index in [1.807, 2.05) is 6.92 Å². The first-order valence-corrected chi connectivity index (χ1v) is 7.50. The highest BCUT2D eigenvalue weighted by Gasteiger charge is 2.18. The Morgan fingerprint density at radius 3 is 2.58 bits per heavy atom. The molecule has 1 aromatic heterocycles. The highest BCUT2D eigenvalue weighted by Crippen LogP contribution is 2.24. The van der Waals surface area contributed by atoms with Crippen LogP contribution in [0.25, 0.3) is 0 Å². The monoisotopic (exact) mass is 267 g/mol. The molecule has 0 aliphatic carbocycles. The van der Waals surface area contributed by atoms with Crippen molar-refractivity contribution >= 4 is 0 Å². The molecule has 4 heteroatoms. The molecule has 110 valence electrons. The van der Waals surface area contributed by atoms with E-state index in [-0.39, 0.29) is 0 Å². The summed E-state index contributed by atoms with van der Waals surface area (Å²) in [5.41, 5.74) is 3.78. The quantitative estimate of drug-likeness (QED) is 0.699.